The van der Waals surface area contributed by atoms with E-state index >= 15 is 0 Å². The zero-order valence-electron chi connectivity index (χ0n) is 12.3. The molecule has 1 aromatic rings. The first-order chi connectivity index (χ1) is 10.2. The quantitative estimate of drug-likeness (QED) is 0.556. The molecule has 8 nitrogen and oxygen atoms in total. The number of nitro groups is 1. The van der Waals surface area contributed by atoms with Crippen LogP contribution in [0.4, 0.5) is 17.5 Å². The van der Waals surface area contributed by atoms with Gasteiger partial charge in [-0.1, -0.05) is 6.92 Å². The lowest BCUT2D eigenvalue weighted by molar-refractivity contribution is -0.384. The molecule has 0 amide bonds. The van der Waals surface area contributed by atoms with Crippen molar-refractivity contribution in [2.75, 3.05) is 43.4 Å². The van der Waals surface area contributed by atoms with E-state index in [1.54, 1.807) is 0 Å². The van der Waals surface area contributed by atoms with Crippen LogP contribution in [0.2, 0.25) is 0 Å². The van der Waals surface area contributed by atoms with Crippen molar-refractivity contribution >= 4 is 17.5 Å². The molecule has 2 heterocycles. The molecule has 1 aliphatic heterocycles. The monoisotopic (exact) mass is 294 g/mol. The largest absolute Gasteiger partial charge is 0.363 e. The van der Waals surface area contributed by atoms with E-state index in [0.717, 1.165) is 32.6 Å². The molecule has 2 rings (SSSR count). The highest BCUT2D eigenvalue weighted by molar-refractivity contribution is 5.56. The summed E-state index contributed by atoms with van der Waals surface area (Å²) in [5.41, 5.74) is -0.0847. The van der Waals surface area contributed by atoms with Crippen molar-refractivity contribution in [2.24, 2.45) is 0 Å². The predicted octanol–water partition coefficient (Wildman–Crippen LogP) is 1.71. The van der Waals surface area contributed by atoms with Crippen LogP contribution in [0.5, 0.6) is 0 Å². The fraction of sp³-hybridized carbons (Fsp3) is 0.692. The number of hydrogen-bond donors (Lipinski definition) is 2. The van der Waals surface area contributed by atoms with Crippen molar-refractivity contribution in [3.63, 3.8) is 0 Å². The van der Waals surface area contributed by atoms with Gasteiger partial charge in [-0.05, 0) is 32.4 Å². The van der Waals surface area contributed by atoms with E-state index < -0.39 is 4.92 Å². The summed E-state index contributed by atoms with van der Waals surface area (Å²) >= 11 is 0. The van der Waals surface area contributed by atoms with Crippen LogP contribution in [0, 0.1) is 10.1 Å². The number of anilines is 2. The van der Waals surface area contributed by atoms with Gasteiger partial charge in [-0.25, -0.2) is 4.98 Å². The summed E-state index contributed by atoms with van der Waals surface area (Å²) < 4.78 is 0. The molecule has 116 valence electrons. The first kappa shape index (κ1) is 15.4. The lowest BCUT2D eigenvalue weighted by Gasteiger charge is -2.15. The van der Waals surface area contributed by atoms with Gasteiger partial charge in [0.25, 0.3) is 0 Å². The summed E-state index contributed by atoms with van der Waals surface area (Å²) in [4.78, 5) is 21.1. The Kier molecular flexibility index (Phi) is 5.68. The van der Waals surface area contributed by atoms with Gasteiger partial charge in [0.1, 0.15) is 6.20 Å². The van der Waals surface area contributed by atoms with E-state index in [-0.39, 0.29) is 11.5 Å². The van der Waals surface area contributed by atoms with Gasteiger partial charge in [-0.15, -0.1) is 0 Å². The normalized spacial score (nSPS) is 15.1. The van der Waals surface area contributed by atoms with Crippen LogP contribution in [0.25, 0.3) is 0 Å². The molecule has 0 saturated carbocycles. The Balaban J connectivity index is 1.97. The van der Waals surface area contributed by atoms with Crippen LogP contribution in [-0.4, -0.2) is 52.5 Å². The number of rotatable bonds is 8. The summed E-state index contributed by atoms with van der Waals surface area (Å²) in [5.74, 6) is 0.707. The van der Waals surface area contributed by atoms with E-state index in [4.69, 9.17) is 0 Å². The molecule has 0 unspecified atom stereocenters. The Bertz CT molecular complexity index is 476. The molecular weight excluding hydrogens is 272 g/mol. The van der Waals surface area contributed by atoms with Crippen LogP contribution in [0.1, 0.15) is 26.2 Å². The molecule has 1 fully saturated rings. The first-order valence-electron chi connectivity index (χ1n) is 7.42. The SMILES string of the molecule is CCCNc1ncc([N+](=O)[O-])c(NCCN2CCCC2)n1. The first-order valence-corrected chi connectivity index (χ1v) is 7.42. The Morgan fingerprint density at radius 3 is 2.76 bits per heavy atom. The zero-order chi connectivity index (χ0) is 15.1. The molecule has 0 spiro atoms. The highest BCUT2D eigenvalue weighted by atomic mass is 16.6. The molecule has 0 atom stereocenters. The second-order valence-corrected chi connectivity index (χ2v) is 5.09. The summed E-state index contributed by atoms with van der Waals surface area (Å²) in [6.07, 6.45) is 4.67. The van der Waals surface area contributed by atoms with Gasteiger partial charge in [0.2, 0.25) is 11.8 Å². The predicted molar refractivity (Wildman–Crippen MR) is 81.6 cm³/mol. The summed E-state index contributed by atoms with van der Waals surface area (Å²) in [7, 11) is 0. The van der Waals surface area contributed by atoms with E-state index in [1.165, 1.54) is 19.0 Å². The minimum absolute atomic E-state index is 0.0847. The van der Waals surface area contributed by atoms with Gasteiger partial charge in [0.15, 0.2) is 0 Å². The Morgan fingerprint density at radius 2 is 2.10 bits per heavy atom. The Morgan fingerprint density at radius 1 is 1.33 bits per heavy atom. The standard InChI is InChI=1S/C13H22N6O2/c1-2-5-15-13-16-10-11(19(20)21)12(17-13)14-6-9-18-7-3-4-8-18/h10H,2-9H2,1H3,(H2,14,15,16,17). The van der Waals surface area contributed by atoms with E-state index in [1.807, 2.05) is 6.92 Å². The average molecular weight is 294 g/mol. The second-order valence-electron chi connectivity index (χ2n) is 5.09. The van der Waals surface area contributed by atoms with Crippen molar-refractivity contribution < 1.29 is 4.92 Å². The Labute approximate surface area is 124 Å². The van der Waals surface area contributed by atoms with Crippen LogP contribution < -0.4 is 10.6 Å². The van der Waals surface area contributed by atoms with Crippen LogP contribution in [0.15, 0.2) is 6.20 Å². The van der Waals surface area contributed by atoms with Crippen molar-refractivity contribution in [3.8, 4) is 0 Å². The van der Waals surface area contributed by atoms with Crippen LogP contribution >= 0.6 is 0 Å². The van der Waals surface area contributed by atoms with Gasteiger partial charge >= 0.3 is 5.69 Å². The molecule has 0 radical (unpaired) electrons. The average Bonchev–Trinajstić information content (AvgIpc) is 2.98. The van der Waals surface area contributed by atoms with Crippen LogP contribution in [0.3, 0.4) is 0 Å². The minimum Gasteiger partial charge on any atom is -0.363 e. The lowest BCUT2D eigenvalue weighted by atomic mass is 10.4. The molecule has 1 aliphatic rings. The molecule has 0 bridgehead atoms. The van der Waals surface area contributed by atoms with Gasteiger partial charge in [-0.2, -0.15) is 4.98 Å². The van der Waals surface area contributed by atoms with E-state index in [9.17, 15) is 10.1 Å². The molecule has 0 aliphatic carbocycles. The Hall–Kier alpha value is -1.96. The maximum absolute atomic E-state index is 11.0. The van der Waals surface area contributed by atoms with Crippen molar-refractivity contribution in [2.45, 2.75) is 26.2 Å². The van der Waals surface area contributed by atoms with Crippen molar-refractivity contribution in [1.29, 1.82) is 0 Å². The number of nitrogens with zero attached hydrogens (tertiary/aromatic N) is 4. The number of aromatic nitrogens is 2. The van der Waals surface area contributed by atoms with Gasteiger partial charge in [-0.3, -0.25) is 10.1 Å². The summed E-state index contributed by atoms with van der Waals surface area (Å²) in [5, 5.41) is 17.1. The molecule has 1 saturated heterocycles. The summed E-state index contributed by atoms with van der Waals surface area (Å²) in [6.45, 7) is 6.51. The molecule has 8 heteroatoms. The summed E-state index contributed by atoms with van der Waals surface area (Å²) in [6, 6.07) is 0. The topological polar surface area (TPSA) is 96.2 Å². The number of likely N-dealkylation sites (tertiary alicyclic amines) is 1. The van der Waals surface area contributed by atoms with E-state index in [2.05, 4.69) is 25.5 Å². The third kappa shape index (κ3) is 4.52. The highest BCUT2D eigenvalue weighted by Crippen LogP contribution is 2.21. The minimum atomic E-state index is -0.457. The number of nitrogens with one attached hydrogen (secondary N) is 2. The fourth-order valence-electron chi connectivity index (χ4n) is 2.30. The maximum atomic E-state index is 11.0. The van der Waals surface area contributed by atoms with Gasteiger partial charge < -0.3 is 15.5 Å². The molecule has 21 heavy (non-hydrogen) atoms. The lowest BCUT2D eigenvalue weighted by Crippen LogP contribution is -2.26. The smallest absolute Gasteiger partial charge is 0.329 e. The number of hydrogen-bond acceptors (Lipinski definition) is 7. The van der Waals surface area contributed by atoms with Crippen LogP contribution in [-0.2, 0) is 0 Å². The molecular formula is C13H22N6O2. The maximum Gasteiger partial charge on any atom is 0.329 e. The van der Waals surface area contributed by atoms with Gasteiger partial charge in [0, 0.05) is 19.6 Å². The fourth-order valence-corrected chi connectivity index (χ4v) is 2.30. The van der Waals surface area contributed by atoms with Gasteiger partial charge in [0.05, 0.1) is 4.92 Å². The second kappa shape index (κ2) is 7.72. The molecule has 0 aromatic carbocycles. The zero-order valence-corrected chi connectivity index (χ0v) is 12.3. The molecule has 2 N–H and O–H groups in total. The highest BCUT2D eigenvalue weighted by Gasteiger charge is 2.17. The van der Waals surface area contributed by atoms with Crippen molar-refractivity contribution in [1.82, 2.24) is 14.9 Å². The third-order valence-corrected chi connectivity index (χ3v) is 3.42. The van der Waals surface area contributed by atoms with E-state index in [0.29, 0.717) is 12.5 Å². The molecule has 1 aromatic heterocycles. The van der Waals surface area contributed by atoms with Crippen molar-refractivity contribution in [3.05, 3.63) is 16.3 Å². The third-order valence-electron chi connectivity index (χ3n) is 3.42.